The molecule has 2 aromatic carbocycles. The Labute approximate surface area is 129 Å². The number of rotatable bonds is 2. The summed E-state index contributed by atoms with van der Waals surface area (Å²) in [6, 6.07) is 10.8. The Morgan fingerprint density at radius 1 is 0.842 bits per heavy atom. The summed E-state index contributed by atoms with van der Waals surface area (Å²) >= 11 is 2.39. The minimum Gasteiger partial charge on any atom is -0.320 e. The van der Waals surface area contributed by atoms with Crippen LogP contribution in [-0.4, -0.2) is 0 Å². The van der Waals surface area contributed by atoms with Crippen LogP contribution in [0.15, 0.2) is 30.3 Å². The lowest BCUT2D eigenvalue weighted by atomic mass is 9.92. The van der Waals surface area contributed by atoms with E-state index in [4.69, 9.17) is 5.73 Å². The van der Waals surface area contributed by atoms with E-state index in [1.165, 1.54) is 37.0 Å². The molecule has 0 saturated carbocycles. The fraction of sp³-hybridized carbons (Fsp3) is 0.294. The summed E-state index contributed by atoms with van der Waals surface area (Å²) in [4.78, 5) is 0. The minimum atomic E-state index is -0.0499. The SMILES string of the molecule is Cc1cc(C)c(C(N)c2cccc(C)c2I)cc1C. The topological polar surface area (TPSA) is 26.0 Å². The molecule has 1 atom stereocenters. The second-order valence-corrected chi connectivity index (χ2v) is 6.33. The zero-order chi connectivity index (χ0) is 14.2. The molecule has 0 fully saturated rings. The van der Waals surface area contributed by atoms with Crippen LogP contribution in [0.1, 0.15) is 39.4 Å². The number of hydrogen-bond acceptors (Lipinski definition) is 1. The van der Waals surface area contributed by atoms with Gasteiger partial charge in [-0.15, -0.1) is 0 Å². The fourth-order valence-corrected chi connectivity index (χ4v) is 3.09. The van der Waals surface area contributed by atoms with Crippen LogP contribution >= 0.6 is 22.6 Å². The number of halogens is 1. The molecule has 1 unspecified atom stereocenters. The predicted molar refractivity (Wildman–Crippen MR) is 90.6 cm³/mol. The molecular formula is C17H20IN. The highest BCUT2D eigenvalue weighted by Gasteiger charge is 2.16. The van der Waals surface area contributed by atoms with Crippen LogP contribution in [0.2, 0.25) is 0 Å². The van der Waals surface area contributed by atoms with E-state index in [9.17, 15) is 0 Å². The Morgan fingerprint density at radius 2 is 1.47 bits per heavy atom. The van der Waals surface area contributed by atoms with Crippen LogP contribution in [-0.2, 0) is 0 Å². The van der Waals surface area contributed by atoms with E-state index < -0.39 is 0 Å². The van der Waals surface area contributed by atoms with E-state index in [1.807, 2.05) is 0 Å². The Balaban J connectivity index is 2.53. The molecule has 2 N–H and O–H groups in total. The van der Waals surface area contributed by atoms with E-state index in [0.717, 1.165) is 0 Å². The molecule has 0 aromatic heterocycles. The first kappa shape index (κ1) is 14.5. The molecule has 0 aliphatic heterocycles. The maximum absolute atomic E-state index is 6.50. The summed E-state index contributed by atoms with van der Waals surface area (Å²) in [6.07, 6.45) is 0. The van der Waals surface area contributed by atoms with Crippen molar-refractivity contribution in [3.63, 3.8) is 0 Å². The van der Waals surface area contributed by atoms with Crippen LogP contribution in [0.5, 0.6) is 0 Å². The molecular weight excluding hydrogens is 345 g/mol. The summed E-state index contributed by atoms with van der Waals surface area (Å²) in [5.41, 5.74) is 14.1. The van der Waals surface area contributed by atoms with Gasteiger partial charge in [-0.05, 0) is 83.7 Å². The average Bonchev–Trinajstić information content (AvgIpc) is 2.36. The third-order valence-corrected chi connectivity index (χ3v) is 5.25. The monoisotopic (exact) mass is 365 g/mol. The van der Waals surface area contributed by atoms with E-state index in [-0.39, 0.29) is 6.04 Å². The van der Waals surface area contributed by atoms with Crippen LogP contribution < -0.4 is 5.73 Å². The second kappa shape index (κ2) is 5.63. The zero-order valence-corrected chi connectivity index (χ0v) is 14.1. The lowest BCUT2D eigenvalue weighted by Gasteiger charge is -2.19. The first-order valence-corrected chi connectivity index (χ1v) is 7.58. The molecule has 0 aliphatic carbocycles. The molecule has 0 bridgehead atoms. The normalized spacial score (nSPS) is 12.5. The van der Waals surface area contributed by atoms with Crippen molar-refractivity contribution < 1.29 is 0 Å². The Morgan fingerprint density at radius 3 is 2.16 bits per heavy atom. The van der Waals surface area contributed by atoms with Gasteiger partial charge in [0.05, 0.1) is 6.04 Å². The maximum atomic E-state index is 6.50. The number of benzene rings is 2. The smallest absolute Gasteiger partial charge is 0.0564 e. The number of hydrogen-bond donors (Lipinski definition) is 1. The van der Waals surface area contributed by atoms with Crippen molar-refractivity contribution in [2.45, 2.75) is 33.7 Å². The van der Waals surface area contributed by atoms with Gasteiger partial charge in [-0.2, -0.15) is 0 Å². The Kier molecular flexibility index (Phi) is 4.31. The van der Waals surface area contributed by atoms with E-state index >= 15 is 0 Å². The van der Waals surface area contributed by atoms with Crippen LogP contribution in [0.4, 0.5) is 0 Å². The van der Waals surface area contributed by atoms with Gasteiger partial charge in [-0.25, -0.2) is 0 Å². The summed E-state index contributed by atoms with van der Waals surface area (Å²) < 4.78 is 1.27. The van der Waals surface area contributed by atoms with Crippen LogP contribution in [0.25, 0.3) is 0 Å². The third kappa shape index (κ3) is 2.84. The van der Waals surface area contributed by atoms with E-state index in [1.54, 1.807) is 0 Å². The molecule has 0 spiro atoms. The van der Waals surface area contributed by atoms with Gasteiger partial charge in [0.2, 0.25) is 0 Å². The lowest BCUT2D eigenvalue weighted by molar-refractivity contribution is 0.850. The summed E-state index contributed by atoms with van der Waals surface area (Å²) in [6.45, 7) is 8.57. The summed E-state index contributed by atoms with van der Waals surface area (Å²) in [5.74, 6) is 0. The van der Waals surface area contributed by atoms with E-state index in [0.29, 0.717) is 0 Å². The average molecular weight is 365 g/mol. The van der Waals surface area contributed by atoms with Gasteiger partial charge in [0.15, 0.2) is 0 Å². The molecule has 2 heteroatoms. The first-order chi connectivity index (χ1) is 8.91. The van der Waals surface area contributed by atoms with Crippen molar-refractivity contribution >= 4 is 22.6 Å². The first-order valence-electron chi connectivity index (χ1n) is 6.50. The summed E-state index contributed by atoms with van der Waals surface area (Å²) in [5, 5.41) is 0. The lowest BCUT2D eigenvalue weighted by Crippen LogP contribution is -2.15. The van der Waals surface area contributed by atoms with Crippen molar-refractivity contribution in [2.75, 3.05) is 0 Å². The molecule has 0 heterocycles. The van der Waals surface area contributed by atoms with Gasteiger partial charge < -0.3 is 5.73 Å². The van der Waals surface area contributed by atoms with Gasteiger partial charge >= 0.3 is 0 Å². The standard InChI is InChI=1S/C17H20IN/c1-10-6-5-7-14(16(10)18)17(19)15-9-12(3)11(2)8-13(15)4/h5-9,17H,19H2,1-4H3. The highest BCUT2D eigenvalue weighted by Crippen LogP contribution is 2.29. The molecule has 0 saturated heterocycles. The van der Waals surface area contributed by atoms with Crippen molar-refractivity contribution in [2.24, 2.45) is 5.73 Å². The quantitative estimate of drug-likeness (QED) is 0.775. The molecule has 0 radical (unpaired) electrons. The molecule has 2 aromatic rings. The van der Waals surface area contributed by atoms with E-state index in [2.05, 4.69) is 80.6 Å². The van der Waals surface area contributed by atoms with Gasteiger partial charge in [0.25, 0.3) is 0 Å². The largest absolute Gasteiger partial charge is 0.320 e. The molecule has 2 rings (SSSR count). The van der Waals surface area contributed by atoms with Crippen molar-refractivity contribution in [3.8, 4) is 0 Å². The maximum Gasteiger partial charge on any atom is 0.0564 e. The number of nitrogens with two attached hydrogens (primary N) is 1. The molecule has 19 heavy (non-hydrogen) atoms. The zero-order valence-electron chi connectivity index (χ0n) is 11.9. The van der Waals surface area contributed by atoms with Crippen molar-refractivity contribution in [3.05, 3.63) is 67.3 Å². The second-order valence-electron chi connectivity index (χ2n) is 5.25. The summed E-state index contributed by atoms with van der Waals surface area (Å²) in [7, 11) is 0. The van der Waals surface area contributed by atoms with Crippen molar-refractivity contribution in [1.29, 1.82) is 0 Å². The Hall–Kier alpha value is -0.870. The third-order valence-electron chi connectivity index (χ3n) is 3.77. The predicted octanol–water partition coefficient (Wildman–Crippen LogP) is 4.57. The van der Waals surface area contributed by atoms with Crippen LogP contribution in [0, 0.1) is 31.3 Å². The van der Waals surface area contributed by atoms with Gasteiger partial charge in [-0.3, -0.25) is 0 Å². The van der Waals surface area contributed by atoms with Gasteiger partial charge in [0, 0.05) is 3.57 Å². The minimum absolute atomic E-state index is 0.0499. The molecule has 1 nitrogen and oxygen atoms in total. The molecule has 100 valence electrons. The highest BCUT2D eigenvalue weighted by atomic mass is 127. The number of aryl methyl sites for hydroxylation is 4. The van der Waals surface area contributed by atoms with Gasteiger partial charge in [0.1, 0.15) is 0 Å². The molecule has 0 amide bonds. The van der Waals surface area contributed by atoms with Crippen LogP contribution in [0.3, 0.4) is 0 Å². The fourth-order valence-electron chi connectivity index (χ4n) is 2.40. The Bertz CT molecular complexity index is 617. The van der Waals surface area contributed by atoms with Crippen molar-refractivity contribution in [1.82, 2.24) is 0 Å². The highest BCUT2D eigenvalue weighted by molar-refractivity contribution is 14.1. The van der Waals surface area contributed by atoms with Gasteiger partial charge in [-0.1, -0.05) is 30.3 Å². The molecule has 0 aliphatic rings.